The van der Waals surface area contributed by atoms with Gasteiger partial charge in [0.05, 0.1) is 19.6 Å². The fourth-order valence-corrected chi connectivity index (χ4v) is 5.83. The molecule has 2 N–H and O–H groups in total. The van der Waals surface area contributed by atoms with Gasteiger partial charge in [0.25, 0.3) is 0 Å². The maximum Gasteiger partial charge on any atom is 0.242 e. The molecule has 0 saturated heterocycles. The molecule has 0 aliphatic carbocycles. The Bertz CT molecular complexity index is 688. The Morgan fingerprint density at radius 1 is 0.409 bits per heavy atom. The van der Waals surface area contributed by atoms with Crippen LogP contribution in [0.5, 0.6) is 0 Å². The summed E-state index contributed by atoms with van der Waals surface area (Å²) in [6.07, 6.45) is 29.0. The number of amides is 3. The number of nitrogens with zero attached hydrogens (tertiary/aromatic N) is 3. The Balaban J connectivity index is 4.88. The quantitative estimate of drug-likeness (QED) is 0.0744. The van der Waals surface area contributed by atoms with Crippen LogP contribution < -0.4 is 5.73 Å². The highest BCUT2D eigenvalue weighted by atomic mass is 16.2. The van der Waals surface area contributed by atoms with E-state index in [-0.39, 0.29) is 24.9 Å². The van der Waals surface area contributed by atoms with Gasteiger partial charge in [0, 0.05) is 13.1 Å². The zero-order chi connectivity index (χ0) is 32.7. The van der Waals surface area contributed by atoms with E-state index in [2.05, 4.69) is 25.7 Å². The van der Waals surface area contributed by atoms with Crippen molar-refractivity contribution in [2.24, 2.45) is 5.73 Å². The molecule has 0 bridgehead atoms. The molecule has 0 unspecified atom stereocenters. The fraction of sp³-hybridized carbons (Fsp3) is 0.919. The van der Waals surface area contributed by atoms with Crippen molar-refractivity contribution < 1.29 is 14.4 Å². The number of hydrogen-bond donors (Lipinski definition) is 1. The van der Waals surface area contributed by atoms with Crippen LogP contribution in [0.1, 0.15) is 175 Å². The molecule has 0 aliphatic heterocycles. The van der Waals surface area contributed by atoms with Gasteiger partial charge in [-0.05, 0) is 32.9 Å². The number of likely N-dealkylation sites (N-methyl/N-ethyl adjacent to an activating group) is 1. The molecule has 0 heterocycles. The number of primary amides is 1. The molecule has 44 heavy (non-hydrogen) atoms. The minimum absolute atomic E-state index is 0.00876. The van der Waals surface area contributed by atoms with Gasteiger partial charge in [-0.1, -0.05) is 156 Å². The highest BCUT2D eigenvalue weighted by Crippen LogP contribution is 2.12. The first-order valence-electron chi connectivity index (χ1n) is 18.9. The molecule has 0 spiro atoms. The van der Waals surface area contributed by atoms with Crippen LogP contribution in [0.25, 0.3) is 0 Å². The molecule has 0 aliphatic rings. The molecule has 0 aromatic heterocycles. The number of carbonyl (C=O) groups is 3. The summed E-state index contributed by atoms with van der Waals surface area (Å²) in [7, 11) is 2.01. The summed E-state index contributed by atoms with van der Waals surface area (Å²) in [4.78, 5) is 44.1. The lowest BCUT2D eigenvalue weighted by atomic mass is 10.1. The van der Waals surface area contributed by atoms with Gasteiger partial charge >= 0.3 is 0 Å². The average molecular weight is 623 g/mol. The van der Waals surface area contributed by atoms with Gasteiger partial charge < -0.3 is 15.5 Å². The van der Waals surface area contributed by atoms with Crippen LogP contribution in [-0.4, -0.2) is 78.7 Å². The Kier molecular flexibility index (Phi) is 30.2. The molecule has 0 fully saturated rings. The molecule has 260 valence electrons. The number of nitrogens with two attached hydrogens (primary N) is 1. The maximum absolute atomic E-state index is 13.4. The van der Waals surface area contributed by atoms with Crippen molar-refractivity contribution in [2.75, 3.05) is 46.3 Å². The zero-order valence-corrected chi connectivity index (χ0v) is 29.9. The normalized spacial score (nSPS) is 11.3. The zero-order valence-electron chi connectivity index (χ0n) is 29.9. The molecule has 3 amide bonds. The topological polar surface area (TPSA) is 87.0 Å². The smallest absolute Gasteiger partial charge is 0.242 e. The molecule has 0 atom stereocenters. The molecule has 0 rings (SSSR count). The van der Waals surface area contributed by atoms with E-state index in [1.807, 2.05) is 7.05 Å². The van der Waals surface area contributed by atoms with Crippen molar-refractivity contribution in [3.05, 3.63) is 0 Å². The SMILES string of the molecule is CCCCCCCCCCN(C)CC(=O)N(CCCCCCCCCC)CC(=O)N(CCCCCCCCCC)CC(N)=O. The molecule has 0 radical (unpaired) electrons. The van der Waals surface area contributed by atoms with E-state index in [0.717, 1.165) is 45.1 Å². The minimum Gasteiger partial charge on any atom is -0.368 e. The van der Waals surface area contributed by atoms with E-state index in [4.69, 9.17) is 5.73 Å². The summed E-state index contributed by atoms with van der Waals surface area (Å²) < 4.78 is 0. The number of carbonyl (C=O) groups excluding carboxylic acids is 3. The first-order valence-corrected chi connectivity index (χ1v) is 18.9. The summed E-state index contributed by atoms with van der Waals surface area (Å²) in [6.45, 7) is 9.01. The van der Waals surface area contributed by atoms with Crippen molar-refractivity contribution in [3.8, 4) is 0 Å². The van der Waals surface area contributed by atoms with Crippen LogP contribution in [0.15, 0.2) is 0 Å². The Hall–Kier alpha value is -1.63. The van der Waals surface area contributed by atoms with Crippen molar-refractivity contribution in [1.29, 1.82) is 0 Å². The van der Waals surface area contributed by atoms with Gasteiger partial charge in [0.1, 0.15) is 0 Å². The summed E-state index contributed by atoms with van der Waals surface area (Å²) in [5.41, 5.74) is 5.52. The molecule has 7 heteroatoms. The van der Waals surface area contributed by atoms with E-state index in [0.29, 0.717) is 19.6 Å². The standard InChI is InChI=1S/C37H74N4O3/c1-5-8-11-14-17-20-23-26-29-39(4)33-36(43)41(31-28-25-22-19-16-13-10-7-3)34-37(44)40(32-35(38)42)30-27-24-21-18-15-12-9-6-2/h5-34H2,1-4H3,(H2,38,42). The molecule has 0 aromatic carbocycles. The lowest BCUT2D eigenvalue weighted by molar-refractivity contribution is -0.142. The second kappa shape index (κ2) is 31.4. The lowest BCUT2D eigenvalue weighted by Crippen LogP contribution is -2.48. The lowest BCUT2D eigenvalue weighted by Gasteiger charge is -2.28. The summed E-state index contributed by atoms with van der Waals surface area (Å²) >= 11 is 0. The van der Waals surface area contributed by atoms with Crippen LogP contribution in [0.4, 0.5) is 0 Å². The Labute approximate surface area is 273 Å². The number of hydrogen-bond acceptors (Lipinski definition) is 4. The molecular formula is C37H74N4O3. The first kappa shape index (κ1) is 42.4. The van der Waals surface area contributed by atoms with Crippen LogP contribution >= 0.6 is 0 Å². The monoisotopic (exact) mass is 623 g/mol. The van der Waals surface area contributed by atoms with E-state index in [1.165, 1.54) is 116 Å². The second-order valence-corrected chi connectivity index (χ2v) is 13.3. The fourth-order valence-electron chi connectivity index (χ4n) is 5.83. The second-order valence-electron chi connectivity index (χ2n) is 13.3. The van der Waals surface area contributed by atoms with Gasteiger partial charge in [0.2, 0.25) is 17.7 Å². The third kappa shape index (κ3) is 26.7. The number of unbranched alkanes of at least 4 members (excludes halogenated alkanes) is 21. The third-order valence-corrected chi connectivity index (χ3v) is 8.74. The van der Waals surface area contributed by atoms with Crippen molar-refractivity contribution in [2.45, 2.75) is 175 Å². The predicted octanol–water partition coefficient (Wildman–Crippen LogP) is 8.48. The van der Waals surface area contributed by atoms with Gasteiger partial charge in [-0.15, -0.1) is 0 Å². The van der Waals surface area contributed by atoms with Crippen LogP contribution in [-0.2, 0) is 14.4 Å². The molecule has 7 nitrogen and oxygen atoms in total. The Morgan fingerprint density at radius 3 is 1.07 bits per heavy atom. The van der Waals surface area contributed by atoms with Crippen LogP contribution in [0, 0.1) is 0 Å². The van der Waals surface area contributed by atoms with E-state index in [9.17, 15) is 14.4 Å². The van der Waals surface area contributed by atoms with Gasteiger partial charge in [-0.3, -0.25) is 19.3 Å². The van der Waals surface area contributed by atoms with E-state index >= 15 is 0 Å². The van der Waals surface area contributed by atoms with E-state index < -0.39 is 5.91 Å². The van der Waals surface area contributed by atoms with Gasteiger partial charge in [0.15, 0.2) is 0 Å². The predicted molar refractivity (Wildman–Crippen MR) is 188 cm³/mol. The van der Waals surface area contributed by atoms with Crippen molar-refractivity contribution >= 4 is 17.7 Å². The van der Waals surface area contributed by atoms with Crippen LogP contribution in [0.3, 0.4) is 0 Å². The summed E-state index contributed by atoms with van der Waals surface area (Å²) in [6, 6.07) is 0. The van der Waals surface area contributed by atoms with E-state index in [1.54, 1.807) is 9.80 Å². The summed E-state index contributed by atoms with van der Waals surface area (Å²) in [5, 5.41) is 0. The largest absolute Gasteiger partial charge is 0.368 e. The average Bonchev–Trinajstić information content (AvgIpc) is 2.99. The summed E-state index contributed by atoms with van der Waals surface area (Å²) in [5.74, 6) is -0.649. The van der Waals surface area contributed by atoms with Crippen molar-refractivity contribution in [3.63, 3.8) is 0 Å². The Morgan fingerprint density at radius 2 is 0.705 bits per heavy atom. The maximum atomic E-state index is 13.4. The van der Waals surface area contributed by atoms with Gasteiger partial charge in [-0.2, -0.15) is 0 Å². The molecule has 0 aromatic rings. The first-order chi connectivity index (χ1) is 21.3. The molecular weight excluding hydrogens is 548 g/mol. The highest BCUT2D eigenvalue weighted by Gasteiger charge is 2.23. The third-order valence-electron chi connectivity index (χ3n) is 8.74. The van der Waals surface area contributed by atoms with Gasteiger partial charge in [-0.25, -0.2) is 0 Å². The minimum atomic E-state index is -0.496. The number of rotatable bonds is 33. The molecule has 0 saturated carbocycles. The highest BCUT2D eigenvalue weighted by molar-refractivity contribution is 5.88. The van der Waals surface area contributed by atoms with Crippen LogP contribution in [0.2, 0.25) is 0 Å². The van der Waals surface area contributed by atoms with Crippen molar-refractivity contribution in [1.82, 2.24) is 14.7 Å².